The summed E-state index contributed by atoms with van der Waals surface area (Å²) in [6.45, 7) is 0.974. The van der Waals surface area contributed by atoms with Crippen molar-refractivity contribution in [2.75, 3.05) is 0 Å². The summed E-state index contributed by atoms with van der Waals surface area (Å²) in [7, 11) is 0. The number of furan rings is 1. The Kier molecular flexibility index (Phi) is 6.01. The molecule has 0 fully saturated rings. The number of hydrogen-bond acceptors (Lipinski definition) is 5. The minimum absolute atomic E-state index is 0.165. The Labute approximate surface area is 154 Å². The third-order valence-corrected chi connectivity index (χ3v) is 3.79. The van der Waals surface area contributed by atoms with Crippen LogP contribution in [0.3, 0.4) is 0 Å². The minimum Gasteiger partial charge on any atom is -0.467 e. The molecule has 27 heavy (non-hydrogen) atoms. The van der Waals surface area contributed by atoms with Gasteiger partial charge in [0.25, 0.3) is 5.56 Å². The van der Waals surface area contributed by atoms with E-state index in [1.807, 2.05) is 36.4 Å². The standard InChI is InChI=1S/C19H19N3O5/c23-17-6-7-22(19(25)21-17)11-18(24)20-10-14-3-1-4-15(9-14)12-26-13-16-5-2-8-27-16/h1-9H,10-13H2,(H,20,24)(H,21,23,25). The first-order chi connectivity index (χ1) is 13.1. The van der Waals surface area contributed by atoms with E-state index in [1.54, 1.807) is 6.26 Å². The number of benzene rings is 1. The van der Waals surface area contributed by atoms with Crippen molar-refractivity contribution in [3.8, 4) is 0 Å². The number of hydrogen-bond donors (Lipinski definition) is 2. The molecule has 1 amide bonds. The van der Waals surface area contributed by atoms with Crippen LogP contribution in [0.1, 0.15) is 16.9 Å². The van der Waals surface area contributed by atoms with Gasteiger partial charge in [-0.25, -0.2) is 4.79 Å². The Bertz CT molecular complexity index is 1000. The van der Waals surface area contributed by atoms with E-state index < -0.39 is 11.2 Å². The molecule has 0 saturated carbocycles. The number of rotatable bonds is 8. The molecule has 8 nitrogen and oxygen atoms in total. The van der Waals surface area contributed by atoms with Gasteiger partial charge in [-0.3, -0.25) is 19.1 Å². The number of carbonyl (C=O) groups is 1. The largest absolute Gasteiger partial charge is 0.467 e. The van der Waals surface area contributed by atoms with Crippen LogP contribution in [-0.4, -0.2) is 15.5 Å². The van der Waals surface area contributed by atoms with E-state index >= 15 is 0 Å². The van der Waals surface area contributed by atoms with E-state index in [9.17, 15) is 14.4 Å². The van der Waals surface area contributed by atoms with Crippen molar-refractivity contribution in [2.24, 2.45) is 0 Å². The molecule has 8 heteroatoms. The maximum absolute atomic E-state index is 12.0. The number of H-pyrrole nitrogens is 1. The van der Waals surface area contributed by atoms with Crippen molar-refractivity contribution in [3.63, 3.8) is 0 Å². The Morgan fingerprint density at radius 1 is 1.11 bits per heavy atom. The maximum atomic E-state index is 12.0. The molecule has 3 aromatic rings. The van der Waals surface area contributed by atoms with E-state index in [4.69, 9.17) is 9.15 Å². The topological polar surface area (TPSA) is 106 Å². The number of aromatic amines is 1. The van der Waals surface area contributed by atoms with Crippen LogP contribution in [0.5, 0.6) is 0 Å². The number of amides is 1. The molecule has 1 aromatic carbocycles. The molecular weight excluding hydrogens is 350 g/mol. The number of nitrogens with one attached hydrogen (secondary N) is 2. The van der Waals surface area contributed by atoms with Gasteiger partial charge in [-0.1, -0.05) is 24.3 Å². The molecule has 0 saturated heterocycles. The smallest absolute Gasteiger partial charge is 0.328 e. The van der Waals surface area contributed by atoms with Crippen LogP contribution in [0.4, 0.5) is 0 Å². The summed E-state index contributed by atoms with van der Waals surface area (Å²) in [5.41, 5.74) is 0.775. The van der Waals surface area contributed by atoms with Crippen LogP contribution in [0.15, 0.2) is 68.9 Å². The van der Waals surface area contributed by atoms with Gasteiger partial charge in [0.1, 0.15) is 18.9 Å². The van der Waals surface area contributed by atoms with Crippen molar-refractivity contribution in [1.82, 2.24) is 14.9 Å². The summed E-state index contributed by atoms with van der Waals surface area (Å²) in [5.74, 6) is 0.430. The maximum Gasteiger partial charge on any atom is 0.328 e. The average Bonchev–Trinajstić information content (AvgIpc) is 3.16. The number of nitrogens with zero attached hydrogens (tertiary/aromatic N) is 1. The van der Waals surface area contributed by atoms with Gasteiger partial charge in [0.15, 0.2) is 0 Å². The first kappa shape index (κ1) is 18.4. The van der Waals surface area contributed by atoms with Crippen LogP contribution in [-0.2, 0) is 35.8 Å². The molecule has 0 spiro atoms. The highest BCUT2D eigenvalue weighted by atomic mass is 16.5. The van der Waals surface area contributed by atoms with E-state index in [0.29, 0.717) is 19.8 Å². The predicted molar refractivity (Wildman–Crippen MR) is 96.8 cm³/mol. The molecule has 2 heterocycles. The van der Waals surface area contributed by atoms with Gasteiger partial charge in [-0.15, -0.1) is 0 Å². The van der Waals surface area contributed by atoms with Crippen molar-refractivity contribution in [3.05, 3.63) is 92.6 Å². The Morgan fingerprint density at radius 2 is 1.96 bits per heavy atom. The van der Waals surface area contributed by atoms with Gasteiger partial charge >= 0.3 is 5.69 Å². The van der Waals surface area contributed by atoms with Crippen LogP contribution >= 0.6 is 0 Å². The van der Waals surface area contributed by atoms with E-state index in [-0.39, 0.29) is 12.5 Å². The molecule has 3 rings (SSSR count). The van der Waals surface area contributed by atoms with Gasteiger partial charge in [-0.2, -0.15) is 0 Å². The second-order valence-electron chi connectivity index (χ2n) is 5.91. The lowest BCUT2D eigenvalue weighted by Crippen LogP contribution is -2.35. The van der Waals surface area contributed by atoms with Crippen molar-refractivity contribution < 1.29 is 13.9 Å². The lowest BCUT2D eigenvalue weighted by Gasteiger charge is -2.09. The number of carbonyl (C=O) groups excluding carboxylic acids is 1. The average molecular weight is 369 g/mol. The third kappa shape index (κ3) is 5.55. The highest BCUT2D eigenvalue weighted by molar-refractivity contribution is 5.75. The molecule has 2 N–H and O–H groups in total. The van der Waals surface area contributed by atoms with Crippen LogP contribution < -0.4 is 16.6 Å². The summed E-state index contributed by atoms with van der Waals surface area (Å²) in [5, 5.41) is 2.75. The zero-order chi connectivity index (χ0) is 19.1. The Morgan fingerprint density at radius 3 is 2.74 bits per heavy atom. The summed E-state index contributed by atoms with van der Waals surface area (Å²) >= 11 is 0. The molecule has 0 aliphatic rings. The third-order valence-electron chi connectivity index (χ3n) is 3.79. The molecule has 0 radical (unpaired) electrons. The SMILES string of the molecule is O=C(Cn1ccc(=O)[nH]c1=O)NCc1cccc(COCc2ccco2)c1. The lowest BCUT2D eigenvalue weighted by molar-refractivity contribution is -0.121. The molecule has 2 aromatic heterocycles. The molecule has 0 atom stereocenters. The van der Waals surface area contributed by atoms with E-state index in [2.05, 4.69) is 10.3 Å². The second-order valence-corrected chi connectivity index (χ2v) is 5.91. The lowest BCUT2D eigenvalue weighted by atomic mass is 10.1. The minimum atomic E-state index is -0.617. The van der Waals surface area contributed by atoms with Crippen LogP contribution in [0.2, 0.25) is 0 Å². The highest BCUT2D eigenvalue weighted by Crippen LogP contribution is 2.09. The van der Waals surface area contributed by atoms with Crippen molar-refractivity contribution in [1.29, 1.82) is 0 Å². The van der Waals surface area contributed by atoms with Crippen LogP contribution in [0.25, 0.3) is 0 Å². The summed E-state index contributed by atoms with van der Waals surface area (Å²) in [6.07, 6.45) is 2.89. The summed E-state index contributed by atoms with van der Waals surface area (Å²) < 4.78 is 11.9. The fourth-order valence-corrected chi connectivity index (χ4v) is 2.47. The van der Waals surface area contributed by atoms with E-state index in [1.165, 1.54) is 12.3 Å². The molecule has 0 unspecified atom stereocenters. The second kappa shape index (κ2) is 8.81. The predicted octanol–water partition coefficient (Wildman–Crippen LogP) is 1.16. The Balaban J connectivity index is 1.49. The summed E-state index contributed by atoms with van der Waals surface area (Å²) in [6, 6.07) is 12.5. The van der Waals surface area contributed by atoms with Gasteiger partial charge in [0.05, 0.1) is 12.9 Å². The quantitative estimate of drug-likeness (QED) is 0.620. The fraction of sp³-hybridized carbons (Fsp3) is 0.211. The van der Waals surface area contributed by atoms with Crippen molar-refractivity contribution >= 4 is 5.91 Å². The van der Waals surface area contributed by atoms with Crippen LogP contribution in [0, 0.1) is 0 Å². The van der Waals surface area contributed by atoms with Gasteiger partial charge in [0, 0.05) is 18.8 Å². The normalized spacial score (nSPS) is 10.7. The zero-order valence-corrected chi connectivity index (χ0v) is 14.5. The van der Waals surface area contributed by atoms with Gasteiger partial charge in [0.2, 0.25) is 5.91 Å². The molecular formula is C19H19N3O5. The van der Waals surface area contributed by atoms with Crippen molar-refractivity contribution in [2.45, 2.75) is 26.3 Å². The molecule has 140 valence electrons. The summed E-state index contributed by atoms with van der Waals surface area (Å²) in [4.78, 5) is 36.7. The highest BCUT2D eigenvalue weighted by Gasteiger charge is 2.05. The van der Waals surface area contributed by atoms with E-state index in [0.717, 1.165) is 21.5 Å². The first-order valence-corrected chi connectivity index (χ1v) is 8.34. The number of ether oxygens (including phenoxy) is 1. The molecule has 0 aliphatic carbocycles. The first-order valence-electron chi connectivity index (χ1n) is 8.34. The number of aromatic nitrogens is 2. The molecule has 0 aliphatic heterocycles. The molecule has 0 bridgehead atoms. The van der Waals surface area contributed by atoms with Gasteiger partial charge < -0.3 is 14.5 Å². The Hall–Kier alpha value is -3.39. The monoisotopic (exact) mass is 369 g/mol. The zero-order valence-electron chi connectivity index (χ0n) is 14.5. The fourth-order valence-electron chi connectivity index (χ4n) is 2.47. The van der Waals surface area contributed by atoms with Gasteiger partial charge in [-0.05, 0) is 23.3 Å².